The Morgan fingerprint density at radius 3 is 0.924 bits per heavy atom. The molecule has 0 unspecified atom stereocenters. The summed E-state index contributed by atoms with van der Waals surface area (Å²) in [6.07, 6.45) is 1.98. The van der Waals surface area contributed by atoms with Gasteiger partial charge in [0.05, 0.1) is 33.4 Å². The molecule has 0 aliphatic heterocycles. The third-order valence-electron chi connectivity index (χ3n) is 18.9. The van der Waals surface area contributed by atoms with E-state index in [-0.39, 0.29) is 0 Å². The molecule has 0 fully saturated rings. The minimum absolute atomic E-state index is 0.568. The van der Waals surface area contributed by atoms with Crippen molar-refractivity contribution in [3.8, 4) is 101 Å². The molecular formula is C86H72N6. The highest BCUT2D eigenvalue weighted by atomic mass is 15.0. The van der Waals surface area contributed by atoms with Crippen molar-refractivity contribution in [1.82, 2.24) is 29.1 Å². The maximum Gasteiger partial charge on any atom is 0.164 e. The fraction of sp³-hybridized carbons (Fsp3) is 0.140. The number of hydrogen-bond acceptors (Lipinski definition) is 4. The second-order valence-corrected chi connectivity index (χ2v) is 25.9. The van der Waals surface area contributed by atoms with Crippen LogP contribution in [-0.4, -0.2) is 29.1 Å². The van der Waals surface area contributed by atoms with Crippen LogP contribution in [0.25, 0.3) is 145 Å². The highest BCUT2D eigenvalue weighted by Crippen LogP contribution is 2.45. The zero-order valence-electron chi connectivity index (χ0n) is 54.5. The first kappa shape index (κ1) is 57.6. The lowest BCUT2D eigenvalue weighted by atomic mass is 9.91. The summed E-state index contributed by atoms with van der Waals surface area (Å²) in [5.41, 5.74) is 35.9. The first-order valence-corrected chi connectivity index (χ1v) is 32.0. The zero-order chi connectivity index (χ0) is 63.4. The van der Waals surface area contributed by atoms with Crippen molar-refractivity contribution in [3.63, 3.8) is 0 Å². The van der Waals surface area contributed by atoms with Crippen molar-refractivity contribution in [1.29, 1.82) is 0 Å². The SMILES string of the molecule is Cc1cc(C)c(-c2ccc3c(c2)c2cc(-c4c(C)cc(C)cc4C)ccc2n3-c2ccnc(-c3cc(-c4nc(-c5ccccc5)nc(-c5ccccc5)n4)ccc3-n3c4ccc(-c5c(C)cc(C)cc5C)cc4c4cc(-c5c(C)cc(C)cc5C)ccc43)c2)c(C)c1. The van der Waals surface area contributed by atoms with E-state index in [1.165, 1.54) is 133 Å². The summed E-state index contributed by atoms with van der Waals surface area (Å²) in [5, 5.41) is 4.73. The first-order chi connectivity index (χ1) is 44.5. The summed E-state index contributed by atoms with van der Waals surface area (Å²) < 4.78 is 4.90. The van der Waals surface area contributed by atoms with E-state index in [2.05, 4.69) is 268 Å². The maximum absolute atomic E-state index is 5.42. The van der Waals surface area contributed by atoms with Gasteiger partial charge in [-0.3, -0.25) is 4.98 Å². The number of fused-ring (bicyclic) bond motifs is 6. The van der Waals surface area contributed by atoms with Gasteiger partial charge in [0, 0.05) is 55.7 Å². The molecule has 0 saturated carbocycles. The monoisotopic (exact) mass is 1190 g/mol. The summed E-state index contributed by atoms with van der Waals surface area (Å²) in [5.74, 6) is 1.77. The van der Waals surface area contributed by atoms with E-state index < -0.39 is 0 Å². The van der Waals surface area contributed by atoms with Crippen LogP contribution in [0.3, 0.4) is 0 Å². The Balaban J connectivity index is 1.000. The van der Waals surface area contributed by atoms with Crippen molar-refractivity contribution >= 4 is 43.6 Å². The molecule has 4 heterocycles. The quantitative estimate of drug-likeness (QED) is 0.137. The second kappa shape index (κ2) is 22.6. The van der Waals surface area contributed by atoms with Crippen LogP contribution in [0.15, 0.2) is 219 Å². The van der Waals surface area contributed by atoms with Crippen molar-refractivity contribution in [2.24, 2.45) is 0 Å². The van der Waals surface area contributed by atoms with Gasteiger partial charge in [0.1, 0.15) is 0 Å². The minimum atomic E-state index is 0.568. The third kappa shape index (κ3) is 9.98. The van der Waals surface area contributed by atoms with E-state index in [1.807, 2.05) is 42.6 Å². The average Bonchev–Trinajstić information content (AvgIpc) is 1.60. The van der Waals surface area contributed by atoms with Gasteiger partial charge in [-0.05, 0) is 251 Å². The molecule has 0 saturated heterocycles. The van der Waals surface area contributed by atoms with Crippen LogP contribution < -0.4 is 0 Å². The molecule has 15 aromatic rings. The average molecular weight is 1190 g/mol. The van der Waals surface area contributed by atoms with Crippen molar-refractivity contribution in [2.45, 2.75) is 83.1 Å². The topological polar surface area (TPSA) is 61.4 Å². The minimum Gasteiger partial charge on any atom is -0.309 e. The van der Waals surface area contributed by atoms with Gasteiger partial charge < -0.3 is 9.13 Å². The predicted octanol–water partition coefficient (Wildman–Crippen LogP) is 22.5. The lowest BCUT2D eigenvalue weighted by molar-refractivity contribution is 1.07. The molecule has 6 nitrogen and oxygen atoms in total. The Hall–Kier alpha value is -10.8. The summed E-state index contributed by atoms with van der Waals surface area (Å²) in [7, 11) is 0. The van der Waals surface area contributed by atoms with Gasteiger partial charge in [-0.1, -0.05) is 156 Å². The van der Waals surface area contributed by atoms with Gasteiger partial charge in [-0.25, -0.2) is 15.0 Å². The van der Waals surface area contributed by atoms with E-state index in [4.69, 9.17) is 19.9 Å². The van der Waals surface area contributed by atoms with Crippen molar-refractivity contribution in [2.75, 3.05) is 0 Å². The number of aryl methyl sites for hydroxylation is 12. The summed E-state index contributed by atoms with van der Waals surface area (Å²) in [4.78, 5) is 21.1. The fourth-order valence-electron chi connectivity index (χ4n) is 15.5. The van der Waals surface area contributed by atoms with Gasteiger partial charge in [0.15, 0.2) is 17.5 Å². The van der Waals surface area contributed by atoms with Gasteiger partial charge in [-0.2, -0.15) is 0 Å². The predicted molar refractivity (Wildman–Crippen MR) is 387 cm³/mol. The van der Waals surface area contributed by atoms with Gasteiger partial charge in [0.25, 0.3) is 0 Å². The molecule has 0 amide bonds. The Bertz CT molecular complexity index is 5150. The van der Waals surface area contributed by atoms with Crippen molar-refractivity contribution in [3.05, 3.63) is 285 Å². The largest absolute Gasteiger partial charge is 0.309 e. The van der Waals surface area contributed by atoms with Gasteiger partial charge in [-0.15, -0.1) is 0 Å². The van der Waals surface area contributed by atoms with E-state index in [0.29, 0.717) is 17.5 Å². The molecule has 6 heteroatoms. The fourth-order valence-corrected chi connectivity index (χ4v) is 15.5. The molecule has 0 atom stereocenters. The Morgan fingerprint density at radius 2 is 0.576 bits per heavy atom. The van der Waals surface area contributed by atoms with Crippen LogP contribution >= 0.6 is 0 Å². The molecule has 446 valence electrons. The summed E-state index contributed by atoms with van der Waals surface area (Å²) in [6, 6.07) is 78.2. The molecule has 0 aliphatic carbocycles. The van der Waals surface area contributed by atoms with Crippen LogP contribution in [0.5, 0.6) is 0 Å². The van der Waals surface area contributed by atoms with Crippen molar-refractivity contribution < 1.29 is 0 Å². The number of pyridine rings is 1. The number of benzene rings is 11. The Labute approximate surface area is 539 Å². The Kier molecular flexibility index (Phi) is 14.1. The molecule has 92 heavy (non-hydrogen) atoms. The van der Waals surface area contributed by atoms with Gasteiger partial charge >= 0.3 is 0 Å². The zero-order valence-corrected chi connectivity index (χ0v) is 54.5. The number of hydrogen-bond donors (Lipinski definition) is 0. The number of nitrogens with zero attached hydrogens (tertiary/aromatic N) is 6. The normalized spacial score (nSPS) is 11.7. The maximum atomic E-state index is 5.42. The standard InChI is InChI=1S/C86H72N6/c1-49-35-53(5)80(54(6)36-49)63-23-28-75-69(43-63)70-44-64(81-55(7)37-50(2)38-56(81)8)24-29-76(70)91(75)68-33-34-87-74(48-68)73-47-67(86-89-84(61-19-15-13-16-20-61)88-85(90-86)62-21-17-14-18-22-62)27-32-79(73)92-77-30-25-65(82-57(9)39-51(3)40-58(82)10)45-71(77)72-46-66(26-31-78(72)92)83-59(11)41-52(4)42-60(83)12/h13-48H,1-12H3. The number of rotatable bonds is 10. The highest BCUT2D eigenvalue weighted by Gasteiger charge is 2.24. The molecule has 11 aromatic carbocycles. The highest BCUT2D eigenvalue weighted by molar-refractivity contribution is 6.14. The smallest absolute Gasteiger partial charge is 0.164 e. The molecule has 4 aromatic heterocycles. The molecule has 15 rings (SSSR count). The molecule has 0 N–H and O–H groups in total. The lowest BCUT2D eigenvalue weighted by Crippen LogP contribution is -2.03. The van der Waals surface area contributed by atoms with E-state index in [9.17, 15) is 0 Å². The van der Waals surface area contributed by atoms with E-state index in [1.54, 1.807) is 0 Å². The van der Waals surface area contributed by atoms with E-state index >= 15 is 0 Å². The Morgan fingerprint density at radius 1 is 0.261 bits per heavy atom. The van der Waals surface area contributed by atoms with Crippen LogP contribution in [0.4, 0.5) is 0 Å². The van der Waals surface area contributed by atoms with Crippen LogP contribution in [0.2, 0.25) is 0 Å². The summed E-state index contributed by atoms with van der Waals surface area (Å²) in [6.45, 7) is 26.7. The van der Waals surface area contributed by atoms with Gasteiger partial charge in [0.2, 0.25) is 0 Å². The number of aromatic nitrogens is 6. The van der Waals surface area contributed by atoms with Crippen LogP contribution in [-0.2, 0) is 0 Å². The molecule has 0 bridgehead atoms. The van der Waals surface area contributed by atoms with E-state index in [0.717, 1.165) is 61.4 Å². The molecule has 0 spiro atoms. The van der Waals surface area contributed by atoms with Crippen LogP contribution in [0.1, 0.15) is 66.8 Å². The molecular weight excluding hydrogens is 1120 g/mol. The molecule has 0 radical (unpaired) electrons. The lowest BCUT2D eigenvalue weighted by Gasteiger charge is -2.17. The first-order valence-electron chi connectivity index (χ1n) is 32.0. The summed E-state index contributed by atoms with van der Waals surface area (Å²) >= 11 is 0. The van der Waals surface area contributed by atoms with Crippen LogP contribution in [0, 0.1) is 83.1 Å². The third-order valence-corrected chi connectivity index (χ3v) is 18.9. The second-order valence-electron chi connectivity index (χ2n) is 25.9. The molecule has 0 aliphatic rings.